The first kappa shape index (κ1) is 13.7. The molecule has 0 radical (unpaired) electrons. The predicted octanol–water partition coefficient (Wildman–Crippen LogP) is 1.72. The number of hydrogen-bond donors (Lipinski definition) is 0. The van der Waals surface area contributed by atoms with Crippen molar-refractivity contribution >= 4 is 15.8 Å². The summed E-state index contributed by atoms with van der Waals surface area (Å²) in [5.41, 5.74) is 0.826. The zero-order chi connectivity index (χ0) is 13.3. The first-order chi connectivity index (χ1) is 7.73. The van der Waals surface area contributed by atoms with Crippen molar-refractivity contribution in [1.29, 1.82) is 0 Å². The highest BCUT2D eigenvalue weighted by Gasteiger charge is 2.43. The van der Waals surface area contributed by atoms with E-state index in [2.05, 4.69) is 4.74 Å². The number of esters is 1. The van der Waals surface area contributed by atoms with E-state index < -0.39 is 20.6 Å². The van der Waals surface area contributed by atoms with Crippen LogP contribution in [0.15, 0.2) is 29.2 Å². The van der Waals surface area contributed by atoms with Crippen molar-refractivity contribution in [3.8, 4) is 0 Å². The van der Waals surface area contributed by atoms with Crippen molar-refractivity contribution < 1.29 is 17.9 Å². The minimum absolute atomic E-state index is 0.132. The maximum Gasteiger partial charge on any atom is 0.327 e. The van der Waals surface area contributed by atoms with Crippen molar-refractivity contribution in [1.82, 2.24) is 0 Å². The van der Waals surface area contributed by atoms with Gasteiger partial charge in [0.15, 0.2) is 14.6 Å². The second-order valence-corrected chi connectivity index (χ2v) is 6.82. The molecule has 0 spiro atoms. The van der Waals surface area contributed by atoms with Crippen LogP contribution in [0.1, 0.15) is 19.4 Å². The lowest BCUT2D eigenvalue weighted by molar-refractivity contribution is -0.142. The second-order valence-electron chi connectivity index (χ2n) is 4.32. The zero-order valence-corrected chi connectivity index (χ0v) is 11.2. The number of rotatable bonds is 3. The van der Waals surface area contributed by atoms with E-state index in [4.69, 9.17) is 0 Å². The molecule has 0 saturated heterocycles. The van der Waals surface area contributed by atoms with Crippen LogP contribution in [0.2, 0.25) is 0 Å². The molecule has 0 N–H and O–H groups in total. The molecule has 1 aromatic carbocycles. The summed E-state index contributed by atoms with van der Waals surface area (Å²) in [6.45, 7) is 4.48. The van der Waals surface area contributed by atoms with Gasteiger partial charge in [0.1, 0.15) is 0 Å². The number of hydrogen-bond acceptors (Lipinski definition) is 4. The molecule has 5 heteroatoms. The Kier molecular flexibility index (Phi) is 3.62. The molecule has 0 atom stereocenters. The lowest BCUT2D eigenvalue weighted by Crippen LogP contribution is -2.41. The van der Waals surface area contributed by atoms with Crippen LogP contribution in [-0.2, 0) is 19.4 Å². The van der Waals surface area contributed by atoms with Crippen LogP contribution in [0.3, 0.4) is 0 Å². The third-order valence-electron chi connectivity index (χ3n) is 2.65. The lowest BCUT2D eigenvalue weighted by atomic mass is 10.2. The topological polar surface area (TPSA) is 60.4 Å². The number of sulfone groups is 1. The number of ether oxygens (including phenoxy) is 1. The summed E-state index contributed by atoms with van der Waals surface area (Å²) in [5, 5.41) is 0. The normalized spacial score (nSPS) is 12.2. The SMILES string of the molecule is COC(=O)C(C)(C)S(=O)(=O)c1cccc(C)c1. The average molecular weight is 256 g/mol. The van der Waals surface area contributed by atoms with Gasteiger partial charge >= 0.3 is 5.97 Å². The van der Waals surface area contributed by atoms with Gasteiger partial charge in [-0.1, -0.05) is 12.1 Å². The minimum atomic E-state index is -3.75. The highest BCUT2D eigenvalue weighted by Crippen LogP contribution is 2.26. The number of carbonyl (C=O) groups is 1. The molecule has 0 aromatic heterocycles. The van der Waals surface area contributed by atoms with Crippen molar-refractivity contribution in [2.24, 2.45) is 0 Å². The molecule has 0 aliphatic rings. The Labute approximate surface area is 102 Å². The maximum absolute atomic E-state index is 12.3. The molecule has 0 heterocycles. The second kappa shape index (κ2) is 4.49. The molecule has 0 saturated carbocycles. The summed E-state index contributed by atoms with van der Waals surface area (Å²) in [4.78, 5) is 11.7. The van der Waals surface area contributed by atoms with Crippen LogP contribution in [0.25, 0.3) is 0 Å². The first-order valence-corrected chi connectivity index (χ1v) is 6.61. The number of aryl methyl sites for hydroxylation is 1. The third-order valence-corrected chi connectivity index (χ3v) is 5.03. The smallest absolute Gasteiger partial charge is 0.327 e. The molecule has 0 bridgehead atoms. The summed E-state index contributed by atoms with van der Waals surface area (Å²) < 4.78 is 27.6. The molecule has 1 aromatic rings. The Balaban J connectivity index is 3.34. The van der Waals surface area contributed by atoms with E-state index in [1.807, 2.05) is 0 Å². The average Bonchev–Trinajstić information content (AvgIpc) is 2.27. The van der Waals surface area contributed by atoms with Crippen molar-refractivity contribution in [3.63, 3.8) is 0 Å². The van der Waals surface area contributed by atoms with Crippen LogP contribution < -0.4 is 0 Å². The molecule has 0 aliphatic carbocycles. The van der Waals surface area contributed by atoms with E-state index in [-0.39, 0.29) is 4.90 Å². The van der Waals surface area contributed by atoms with Gasteiger partial charge in [-0.3, -0.25) is 4.79 Å². The molecule has 4 nitrogen and oxygen atoms in total. The fourth-order valence-electron chi connectivity index (χ4n) is 1.43. The maximum atomic E-state index is 12.3. The largest absolute Gasteiger partial charge is 0.468 e. The van der Waals surface area contributed by atoms with Crippen molar-refractivity contribution in [2.75, 3.05) is 7.11 Å². The summed E-state index contributed by atoms with van der Waals surface area (Å²) in [7, 11) is -2.57. The Morgan fingerprint density at radius 2 is 1.88 bits per heavy atom. The molecular weight excluding hydrogens is 240 g/mol. The van der Waals surface area contributed by atoms with E-state index in [1.165, 1.54) is 27.0 Å². The van der Waals surface area contributed by atoms with E-state index >= 15 is 0 Å². The summed E-state index contributed by atoms with van der Waals surface area (Å²) in [6.07, 6.45) is 0. The van der Waals surface area contributed by atoms with Crippen LogP contribution in [0.5, 0.6) is 0 Å². The number of benzene rings is 1. The zero-order valence-electron chi connectivity index (χ0n) is 10.4. The lowest BCUT2D eigenvalue weighted by Gasteiger charge is -2.21. The van der Waals surface area contributed by atoms with Gasteiger partial charge in [-0.15, -0.1) is 0 Å². The van der Waals surface area contributed by atoms with Crippen LogP contribution in [0.4, 0.5) is 0 Å². The first-order valence-electron chi connectivity index (χ1n) is 5.13. The number of methoxy groups -OCH3 is 1. The van der Waals surface area contributed by atoms with E-state index in [1.54, 1.807) is 25.1 Å². The van der Waals surface area contributed by atoms with Gasteiger partial charge in [-0.05, 0) is 38.5 Å². The fourth-order valence-corrected chi connectivity index (χ4v) is 2.92. The van der Waals surface area contributed by atoms with Crippen molar-refractivity contribution in [2.45, 2.75) is 30.4 Å². The molecule has 0 fully saturated rings. The summed E-state index contributed by atoms with van der Waals surface area (Å²) >= 11 is 0. The van der Waals surface area contributed by atoms with E-state index in [0.29, 0.717) is 0 Å². The Hall–Kier alpha value is -1.36. The van der Waals surface area contributed by atoms with Crippen LogP contribution in [0, 0.1) is 6.92 Å². The molecule has 0 aliphatic heterocycles. The monoisotopic (exact) mass is 256 g/mol. The molecule has 17 heavy (non-hydrogen) atoms. The van der Waals surface area contributed by atoms with Crippen molar-refractivity contribution in [3.05, 3.63) is 29.8 Å². The molecule has 0 unspecified atom stereocenters. The van der Waals surface area contributed by atoms with Gasteiger partial charge in [0.05, 0.1) is 12.0 Å². The minimum Gasteiger partial charge on any atom is -0.468 e. The Morgan fingerprint density at radius 1 is 1.29 bits per heavy atom. The summed E-state index contributed by atoms with van der Waals surface area (Å²) in [6, 6.07) is 6.47. The molecule has 1 rings (SSSR count). The van der Waals surface area contributed by atoms with Gasteiger partial charge < -0.3 is 4.74 Å². The van der Waals surface area contributed by atoms with Gasteiger partial charge in [-0.2, -0.15) is 0 Å². The molecule has 94 valence electrons. The highest BCUT2D eigenvalue weighted by atomic mass is 32.2. The molecular formula is C12H16O4S. The Morgan fingerprint density at radius 3 is 2.35 bits per heavy atom. The molecule has 0 amide bonds. The quantitative estimate of drug-likeness (QED) is 0.773. The van der Waals surface area contributed by atoms with Gasteiger partial charge in [0.2, 0.25) is 0 Å². The highest BCUT2D eigenvalue weighted by molar-refractivity contribution is 7.93. The predicted molar refractivity (Wildman–Crippen MR) is 64.5 cm³/mol. The van der Waals surface area contributed by atoms with Gasteiger partial charge in [0, 0.05) is 0 Å². The fraction of sp³-hybridized carbons (Fsp3) is 0.417. The number of carbonyl (C=O) groups excluding carboxylic acids is 1. The van der Waals surface area contributed by atoms with Crippen LogP contribution in [-0.4, -0.2) is 26.2 Å². The van der Waals surface area contributed by atoms with Gasteiger partial charge in [-0.25, -0.2) is 8.42 Å². The van der Waals surface area contributed by atoms with E-state index in [0.717, 1.165) is 5.56 Å². The summed E-state index contributed by atoms with van der Waals surface area (Å²) in [5.74, 6) is -0.765. The Bertz CT molecular complexity index is 529. The standard InChI is InChI=1S/C12H16O4S/c1-9-6-5-7-10(8-9)17(14,15)12(2,3)11(13)16-4/h5-8H,1-4H3. The third kappa shape index (κ3) is 2.34. The van der Waals surface area contributed by atoms with Gasteiger partial charge in [0.25, 0.3) is 0 Å². The van der Waals surface area contributed by atoms with E-state index in [9.17, 15) is 13.2 Å². The van der Waals surface area contributed by atoms with Crippen LogP contribution >= 0.6 is 0 Å².